The van der Waals surface area contributed by atoms with Crippen LogP contribution >= 0.6 is 11.6 Å². The van der Waals surface area contributed by atoms with Gasteiger partial charge in [0.05, 0.1) is 12.2 Å². The number of hydrogen-bond donors (Lipinski definition) is 1. The second kappa shape index (κ2) is 6.84. The molecular formula is C16H21ClN4O2S. The van der Waals surface area contributed by atoms with E-state index in [1.807, 2.05) is 32.0 Å². The summed E-state index contributed by atoms with van der Waals surface area (Å²) in [5.41, 5.74) is 0.884. The molecule has 1 fully saturated rings. The van der Waals surface area contributed by atoms with Crippen molar-refractivity contribution in [1.82, 2.24) is 19.4 Å². The first kappa shape index (κ1) is 17.4. The van der Waals surface area contributed by atoms with Gasteiger partial charge < -0.3 is 5.32 Å². The Bertz CT molecular complexity index is 819. The Hall–Kier alpha value is -1.41. The third-order valence-electron chi connectivity index (χ3n) is 4.14. The molecule has 1 aromatic heterocycles. The highest BCUT2D eigenvalue weighted by Gasteiger charge is 2.35. The van der Waals surface area contributed by atoms with Crippen LogP contribution in [-0.2, 0) is 10.0 Å². The van der Waals surface area contributed by atoms with Crippen molar-refractivity contribution in [1.29, 1.82) is 0 Å². The maximum atomic E-state index is 13.1. The second-order valence-corrected chi connectivity index (χ2v) is 8.47. The number of rotatable bonds is 4. The van der Waals surface area contributed by atoms with E-state index in [-0.39, 0.29) is 17.0 Å². The minimum Gasteiger partial charge on any atom is -0.313 e. The molecule has 1 saturated heterocycles. The maximum absolute atomic E-state index is 13.1. The topological polar surface area (TPSA) is 67.2 Å². The lowest BCUT2D eigenvalue weighted by Gasteiger charge is -2.35. The molecular weight excluding hydrogens is 348 g/mol. The Morgan fingerprint density at radius 2 is 2.17 bits per heavy atom. The van der Waals surface area contributed by atoms with E-state index in [4.69, 9.17) is 11.6 Å². The maximum Gasteiger partial charge on any atom is 0.246 e. The van der Waals surface area contributed by atoms with Gasteiger partial charge in [0.15, 0.2) is 0 Å². The van der Waals surface area contributed by atoms with E-state index in [2.05, 4.69) is 10.4 Å². The van der Waals surface area contributed by atoms with Gasteiger partial charge in [-0.2, -0.15) is 9.40 Å². The monoisotopic (exact) mass is 368 g/mol. The van der Waals surface area contributed by atoms with E-state index < -0.39 is 10.0 Å². The van der Waals surface area contributed by atoms with Gasteiger partial charge in [0.25, 0.3) is 0 Å². The lowest BCUT2D eigenvalue weighted by Crippen LogP contribution is -2.48. The lowest BCUT2D eigenvalue weighted by molar-refractivity contribution is 0.271. The van der Waals surface area contributed by atoms with Crippen molar-refractivity contribution < 1.29 is 8.42 Å². The van der Waals surface area contributed by atoms with Gasteiger partial charge in [0.2, 0.25) is 10.0 Å². The summed E-state index contributed by atoms with van der Waals surface area (Å²) >= 11 is 6.08. The molecule has 24 heavy (non-hydrogen) atoms. The number of benzene rings is 1. The first-order valence-electron chi connectivity index (χ1n) is 7.92. The molecule has 0 spiro atoms. The van der Waals surface area contributed by atoms with Crippen molar-refractivity contribution >= 4 is 21.6 Å². The lowest BCUT2D eigenvalue weighted by atomic mass is 10.1. The van der Waals surface area contributed by atoms with Crippen molar-refractivity contribution in [2.75, 3.05) is 19.6 Å². The fraction of sp³-hybridized carbons (Fsp3) is 0.438. The highest BCUT2D eigenvalue weighted by atomic mass is 35.5. The summed E-state index contributed by atoms with van der Waals surface area (Å²) in [5, 5.41) is 8.02. The predicted molar refractivity (Wildman–Crippen MR) is 93.6 cm³/mol. The Balaban J connectivity index is 1.97. The summed E-state index contributed by atoms with van der Waals surface area (Å²) in [5.74, 6) is 0. The van der Waals surface area contributed by atoms with Crippen LogP contribution in [0.3, 0.4) is 0 Å². The SMILES string of the molecule is CC(C)n1cc(S(=O)(=O)N2CCNCC2c2cccc(Cl)c2)cn1. The largest absolute Gasteiger partial charge is 0.313 e. The van der Waals surface area contributed by atoms with Crippen molar-refractivity contribution in [3.63, 3.8) is 0 Å². The van der Waals surface area contributed by atoms with Gasteiger partial charge in [-0.3, -0.25) is 4.68 Å². The van der Waals surface area contributed by atoms with Crippen LogP contribution in [0, 0.1) is 0 Å². The first-order chi connectivity index (χ1) is 11.4. The molecule has 0 bridgehead atoms. The number of nitrogens with zero attached hydrogens (tertiary/aromatic N) is 3. The third-order valence-corrected chi connectivity index (χ3v) is 6.24. The van der Waals surface area contributed by atoms with Gasteiger partial charge in [-0.1, -0.05) is 23.7 Å². The van der Waals surface area contributed by atoms with Crippen molar-refractivity contribution in [2.24, 2.45) is 0 Å². The van der Waals surface area contributed by atoms with Crippen LogP contribution in [0.4, 0.5) is 0 Å². The Kier molecular flexibility index (Phi) is 4.96. The average Bonchev–Trinajstić information content (AvgIpc) is 3.06. The molecule has 0 saturated carbocycles. The summed E-state index contributed by atoms with van der Waals surface area (Å²) in [7, 11) is -3.62. The van der Waals surface area contributed by atoms with E-state index in [1.165, 1.54) is 10.5 Å². The molecule has 0 aliphatic carbocycles. The molecule has 1 aromatic carbocycles. The van der Waals surface area contributed by atoms with Gasteiger partial charge in [0, 0.05) is 36.9 Å². The molecule has 1 unspecified atom stereocenters. The molecule has 1 aliphatic heterocycles. The molecule has 1 atom stereocenters. The van der Waals surface area contributed by atoms with Gasteiger partial charge in [-0.15, -0.1) is 0 Å². The fourth-order valence-corrected chi connectivity index (χ4v) is 4.60. The number of aromatic nitrogens is 2. The van der Waals surface area contributed by atoms with E-state index in [1.54, 1.807) is 16.9 Å². The molecule has 0 radical (unpaired) electrons. The minimum absolute atomic E-state index is 0.112. The number of piperazine rings is 1. The molecule has 0 amide bonds. The summed E-state index contributed by atoms with van der Waals surface area (Å²) in [6.07, 6.45) is 3.02. The van der Waals surface area contributed by atoms with Crippen LogP contribution in [0.15, 0.2) is 41.6 Å². The molecule has 1 aliphatic rings. The second-order valence-electron chi connectivity index (χ2n) is 6.14. The van der Waals surface area contributed by atoms with E-state index >= 15 is 0 Å². The minimum atomic E-state index is -3.62. The highest BCUT2D eigenvalue weighted by Crippen LogP contribution is 2.30. The third kappa shape index (κ3) is 3.35. The smallest absolute Gasteiger partial charge is 0.246 e. The molecule has 3 rings (SSSR count). The first-order valence-corrected chi connectivity index (χ1v) is 9.73. The van der Waals surface area contributed by atoms with Crippen LogP contribution < -0.4 is 5.32 Å². The summed E-state index contributed by atoms with van der Waals surface area (Å²) in [6.45, 7) is 5.50. The van der Waals surface area contributed by atoms with E-state index in [9.17, 15) is 8.42 Å². The number of sulfonamides is 1. The normalized spacial score (nSPS) is 19.8. The molecule has 2 heterocycles. The van der Waals surface area contributed by atoms with Crippen LogP contribution in [-0.4, -0.2) is 42.1 Å². The van der Waals surface area contributed by atoms with E-state index in [0.717, 1.165) is 5.56 Å². The highest BCUT2D eigenvalue weighted by molar-refractivity contribution is 7.89. The molecule has 1 N–H and O–H groups in total. The quantitative estimate of drug-likeness (QED) is 0.900. The molecule has 8 heteroatoms. The zero-order chi connectivity index (χ0) is 17.3. The van der Waals surface area contributed by atoms with Crippen molar-refractivity contribution in [2.45, 2.75) is 30.8 Å². The van der Waals surface area contributed by atoms with Gasteiger partial charge in [0.1, 0.15) is 4.90 Å². The fourth-order valence-electron chi connectivity index (χ4n) is 2.84. The van der Waals surface area contributed by atoms with E-state index in [0.29, 0.717) is 24.7 Å². The Labute approximate surface area is 147 Å². The van der Waals surface area contributed by atoms with Crippen LogP contribution in [0.25, 0.3) is 0 Å². The van der Waals surface area contributed by atoms with Crippen molar-refractivity contribution in [3.8, 4) is 0 Å². The Morgan fingerprint density at radius 1 is 1.38 bits per heavy atom. The number of hydrogen-bond acceptors (Lipinski definition) is 4. The van der Waals surface area contributed by atoms with Crippen molar-refractivity contribution in [3.05, 3.63) is 47.2 Å². The molecule has 130 valence electrons. The van der Waals surface area contributed by atoms with Crippen LogP contribution in [0.2, 0.25) is 5.02 Å². The summed E-state index contributed by atoms with van der Waals surface area (Å²) in [6, 6.07) is 7.18. The number of halogens is 1. The molecule has 6 nitrogen and oxygen atoms in total. The predicted octanol–water partition coefficient (Wildman–Crippen LogP) is 2.45. The average molecular weight is 369 g/mol. The van der Waals surface area contributed by atoms with Crippen LogP contribution in [0.1, 0.15) is 31.5 Å². The zero-order valence-electron chi connectivity index (χ0n) is 13.7. The van der Waals surface area contributed by atoms with Gasteiger partial charge in [-0.05, 0) is 31.5 Å². The number of nitrogens with one attached hydrogen (secondary N) is 1. The molecule has 2 aromatic rings. The summed E-state index contributed by atoms with van der Waals surface area (Å²) in [4.78, 5) is 0.227. The Morgan fingerprint density at radius 3 is 2.83 bits per heavy atom. The summed E-state index contributed by atoms with van der Waals surface area (Å²) < 4.78 is 29.4. The zero-order valence-corrected chi connectivity index (χ0v) is 15.3. The standard InChI is InChI=1S/C16H21ClN4O2S/c1-12(2)20-11-15(9-19-20)24(22,23)21-7-6-18-10-16(21)13-4-3-5-14(17)8-13/h3-5,8-9,11-12,16,18H,6-7,10H2,1-2H3. The van der Waals surface area contributed by atoms with Gasteiger partial charge >= 0.3 is 0 Å². The van der Waals surface area contributed by atoms with Crippen LogP contribution in [0.5, 0.6) is 0 Å². The van der Waals surface area contributed by atoms with Gasteiger partial charge in [-0.25, -0.2) is 8.42 Å².